The second kappa shape index (κ2) is 5.23. The average Bonchev–Trinajstić information content (AvgIpc) is 2.36. The Bertz CT molecular complexity index is 340. The molecule has 4 heteroatoms. The van der Waals surface area contributed by atoms with E-state index in [0.29, 0.717) is 30.7 Å². The van der Waals surface area contributed by atoms with Crippen molar-refractivity contribution >= 4 is 12.3 Å². The summed E-state index contributed by atoms with van der Waals surface area (Å²) in [6.45, 7) is 0. The van der Waals surface area contributed by atoms with E-state index in [1.54, 1.807) is 0 Å². The molecule has 1 atom stereocenters. The zero-order valence-corrected chi connectivity index (χ0v) is 11.3. The third-order valence-corrected chi connectivity index (χ3v) is 5.49. The molecule has 0 radical (unpaired) electrons. The van der Waals surface area contributed by atoms with Crippen LogP contribution in [0, 0.1) is 23.7 Å². The number of carbonyl (C=O) groups excluding carboxylic acids is 1. The van der Waals surface area contributed by atoms with Crippen molar-refractivity contribution < 1.29 is 14.7 Å². The van der Waals surface area contributed by atoms with E-state index in [9.17, 15) is 14.7 Å². The topological polar surface area (TPSA) is 66.4 Å². The zero-order valence-electron chi connectivity index (χ0n) is 11.3. The summed E-state index contributed by atoms with van der Waals surface area (Å²) in [5, 5.41) is 12.7. The minimum atomic E-state index is -0.810. The number of carboxylic acid groups (broad SMARTS) is 1. The van der Waals surface area contributed by atoms with Gasteiger partial charge in [-0.1, -0.05) is 0 Å². The maximum atomic E-state index is 11.3. The van der Waals surface area contributed by atoms with Crippen LogP contribution in [0.15, 0.2) is 0 Å². The van der Waals surface area contributed by atoms with Crippen molar-refractivity contribution in [2.24, 2.45) is 23.7 Å². The molecule has 0 heterocycles. The Morgan fingerprint density at radius 1 is 1.16 bits per heavy atom. The van der Waals surface area contributed by atoms with Gasteiger partial charge in [-0.3, -0.25) is 4.79 Å². The number of carboxylic acids is 1. The van der Waals surface area contributed by atoms with Crippen molar-refractivity contribution in [3.8, 4) is 0 Å². The zero-order chi connectivity index (χ0) is 13.4. The monoisotopic (exact) mass is 265 g/mol. The highest BCUT2D eigenvalue weighted by Crippen LogP contribution is 2.53. The number of rotatable bonds is 6. The summed E-state index contributed by atoms with van der Waals surface area (Å²) in [5.41, 5.74) is 0. The van der Waals surface area contributed by atoms with E-state index < -0.39 is 12.0 Å². The molecule has 19 heavy (non-hydrogen) atoms. The first-order chi connectivity index (χ1) is 9.17. The average molecular weight is 265 g/mol. The number of aliphatic carboxylic acids is 1. The van der Waals surface area contributed by atoms with Crippen LogP contribution in [0.25, 0.3) is 0 Å². The van der Waals surface area contributed by atoms with Crippen LogP contribution in [0.5, 0.6) is 0 Å². The Hall–Kier alpha value is -0.900. The molecule has 0 aromatic rings. The van der Waals surface area contributed by atoms with Crippen LogP contribution in [0.2, 0.25) is 0 Å². The van der Waals surface area contributed by atoms with Crippen molar-refractivity contribution in [2.75, 3.05) is 0 Å². The molecule has 4 fully saturated rings. The fourth-order valence-corrected chi connectivity index (χ4v) is 4.94. The first kappa shape index (κ1) is 13.1. The predicted octanol–water partition coefficient (Wildman–Crippen LogP) is 1.83. The smallest absolute Gasteiger partial charge is 0.320 e. The van der Waals surface area contributed by atoms with E-state index in [-0.39, 0.29) is 0 Å². The van der Waals surface area contributed by atoms with Crippen LogP contribution < -0.4 is 5.32 Å². The molecular formula is C15H23NO3. The summed E-state index contributed by atoms with van der Waals surface area (Å²) in [6, 6.07) is -0.173. The molecule has 4 aliphatic carbocycles. The second-order valence-corrected chi connectivity index (χ2v) is 6.76. The van der Waals surface area contributed by atoms with Crippen LogP contribution in [-0.2, 0) is 9.59 Å². The van der Waals surface area contributed by atoms with Gasteiger partial charge in [-0.05, 0) is 62.2 Å². The van der Waals surface area contributed by atoms with E-state index >= 15 is 0 Å². The second-order valence-electron chi connectivity index (χ2n) is 6.76. The summed E-state index contributed by atoms with van der Waals surface area (Å²) < 4.78 is 0. The third kappa shape index (κ3) is 2.55. The van der Waals surface area contributed by atoms with Crippen LogP contribution in [0.4, 0.5) is 0 Å². The minimum Gasteiger partial charge on any atom is -0.480 e. The van der Waals surface area contributed by atoms with Gasteiger partial charge < -0.3 is 15.2 Å². The van der Waals surface area contributed by atoms with Gasteiger partial charge in [0.25, 0.3) is 0 Å². The maximum Gasteiger partial charge on any atom is 0.320 e. The van der Waals surface area contributed by atoms with Gasteiger partial charge in [0.15, 0.2) is 0 Å². The first-order valence-corrected chi connectivity index (χ1v) is 7.60. The highest BCUT2D eigenvalue weighted by atomic mass is 16.4. The molecule has 0 aliphatic heterocycles. The van der Waals surface area contributed by atoms with Crippen molar-refractivity contribution in [1.29, 1.82) is 0 Å². The maximum absolute atomic E-state index is 11.3. The number of hydrogen-bond donors (Lipinski definition) is 2. The lowest BCUT2D eigenvalue weighted by atomic mass is 9.54. The first-order valence-electron chi connectivity index (χ1n) is 7.60. The lowest BCUT2D eigenvalue weighted by molar-refractivity contribution is -0.140. The van der Waals surface area contributed by atoms with E-state index in [2.05, 4.69) is 5.32 Å². The van der Waals surface area contributed by atoms with Gasteiger partial charge in [0.1, 0.15) is 12.3 Å². The molecule has 4 rings (SSSR count). The number of nitrogens with one attached hydrogen (secondary N) is 1. The van der Waals surface area contributed by atoms with Crippen LogP contribution >= 0.6 is 0 Å². The summed E-state index contributed by atoms with van der Waals surface area (Å²) in [7, 11) is 0. The lowest BCUT2D eigenvalue weighted by Gasteiger charge is -2.55. The molecule has 106 valence electrons. The number of aldehydes is 1. The van der Waals surface area contributed by atoms with Crippen LogP contribution in [0.1, 0.15) is 44.9 Å². The van der Waals surface area contributed by atoms with E-state index in [1.807, 2.05) is 0 Å². The largest absolute Gasteiger partial charge is 0.480 e. The normalized spacial score (nSPS) is 41.2. The molecule has 4 bridgehead atoms. The molecule has 0 aromatic heterocycles. The molecule has 0 amide bonds. The van der Waals surface area contributed by atoms with Crippen molar-refractivity contribution in [2.45, 2.75) is 57.0 Å². The summed E-state index contributed by atoms with van der Waals surface area (Å²) >= 11 is 0. The Morgan fingerprint density at radius 3 is 2.21 bits per heavy atom. The highest BCUT2D eigenvalue weighted by molar-refractivity contribution is 5.74. The van der Waals surface area contributed by atoms with Crippen LogP contribution in [0.3, 0.4) is 0 Å². The SMILES string of the molecule is O=CCCC(NC1C2CC3CC(C2)CC1C3)C(=O)O. The van der Waals surface area contributed by atoms with Crippen LogP contribution in [-0.4, -0.2) is 29.4 Å². The summed E-state index contributed by atoms with van der Waals surface area (Å²) in [5.74, 6) is 2.34. The van der Waals surface area contributed by atoms with E-state index in [0.717, 1.165) is 18.1 Å². The molecule has 4 saturated carbocycles. The standard InChI is InChI=1S/C15H23NO3/c17-3-1-2-13(15(18)19)16-14-11-5-9-4-10(7-11)8-12(14)6-9/h3,9-14,16H,1-2,4-8H2,(H,18,19). The Balaban J connectivity index is 1.65. The van der Waals surface area contributed by atoms with Gasteiger partial charge in [0.2, 0.25) is 0 Å². The Kier molecular flexibility index (Phi) is 3.61. The molecule has 4 aliphatic rings. The number of carbonyl (C=O) groups is 2. The van der Waals surface area contributed by atoms with Gasteiger partial charge in [-0.25, -0.2) is 0 Å². The molecule has 4 nitrogen and oxygen atoms in total. The summed E-state index contributed by atoms with van der Waals surface area (Å²) in [4.78, 5) is 21.7. The summed E-state index contributed by atoms with van der Waals surface area (Å²) in [6.07, 6.45) is 8.10. The minimum absolute atomic E-state index is 0.331. The third-order valence-electron chi connectivity index (χ3n) is 5.49. The molecule has 1 unspecified atom stereocenters. The molecule has 2 N–H and O–H groups in total. The molecular weight excluding hydrogens is 242 g/mol. The van der Waals surface area contributed by atoms with Gasteiger partial charge >= 0.3 is 5.97 Å². The molecule has 0 aromatic carbocycles. The van der Waals surface area contributed by atoms with Gasteiger partial charge in [-0.2, -0.15) is 0 Å². The van der Waals surface area contributed by atoms with E-state index in [1.165, 1.54) is 32.1 Å². The fourth-order valence-electron chi connectivity index (χ4n) is 4.94. The Morgan fingerprint density at radius 2 is 1.74 bits per heavy atom. The van der Waals surface area contributed by atoms with Crippen molar-refractivity contribution in [1.82, 2.24) is 5.32 Å². The molecule has 0 saturated heterocycles. The lowest BCUT2D eigenvalue weighted by Crippen LogP contribution is -2.58. The van der Waals surface area contributed by atoms with Gasteiger partial charge in [0.05, 0.1) is 0 Å². The highest BCUT2D eigenvalue weighted by Gasteiger charge is 2.48. The fraction of sp³-hybridized carbons (Fsp3) is 0.867. The number of hydrogen-bond acceptors (Lipinski definition) is 3. The Labute approximate surface area is 113 Å². The van der Waals surface area contributed by atoms with Crippen molar-refractivity contribution in [3.05, 3.63) is 0 Å². The van der Waals surface area contributed by atoms with Gasteiger partial charge in [0, 0.05) is 12.5 Å². The predicted molar refractivity (Wildman–Crippen MR) is 70.7 cm³/mol. The van der Waals surface area contributed by atoms with E-state index in [4.69, 9.17) is 0 Å². The molecule has 0 spiro atoms. The van der Waals surface area contributed by atoms with Crippen molar-refractivity contribution in [3.63, 3.8) is 0 Å². The quantitative estimate of drug-likeness (QED) is 0.719. The van der Waals surface area contributed by atoms with Gasteiger partial charge in [-0.15, -0.1) is 0 Å².